The summed E-state index contributed by atoms with van der Waals surface area (Å²) in [7, 11) is 1.66. The van der Waals surface area contributed by atoms with Gasteiger partial charge in [-0.1, -0.05) is 35.4 Å². The third-order valence-electron chi connectivity index (χ3n) is 7.13. The summed E-state index contributed by atoms with van der Waals surface area (Å²) in [6.07, 6.45) is 4.46. The van der Waals surface area contributed by atoms with Crippen LogP contribution in [-0.4, -0.2) is 55.0 Å². The second kappa shape index (κ2) is 9.02. The highest BCUT2D eigenvalue weighted by atomic mass is 16.5. The molecule has 0 saturated carbocycles. The number of nitrogens with zero attached hydrogens (tertiary/aromatic N) is 2. The fourth-order valence-electron chi connectivity index (χ4n) is 5.52. The Morgan fingerprint density at radius 1 is 1.03 bits per heavy atom. The third kappa shape index (κ3) is 3.92. The standard InChI is InChI=1S/C26H33N3O3/c1-19-15-20(2)17-21(16-19)25(9-13-32-14-10-25)24(31)29-12-6-8-26(18-29,23(30)27-3)22-7-4-5-11-28-22/h4-5,7,11,15-17H,6,8-10,12-14,18H2,1-3H3,(H,27,30)/t26-/m1/s1. The number of ether oxygens (including phenoxy) is 1. The summed E-state index contributed by atoms with van der Waals surface area (Å²) in [5, 5.41) is 2.83. The van der Waals surface area contributed by atoms with Crippen LogP contribution in [0.3, 0.4) is 0 Å². The van der Waals surface area contributed by atoms with E-state index in [1.54, 1.807) is 13.2 Å². The minimum Gasteiger partial charge on any atom is -0.381 e. The highest BCUT2D eigenvalue weighted by Gasteiger charge is 2.50. The van der Waals surface area contributed by atoms with Gasteiger partial charge in [0.2, 0.25) is 11.8 Å². The fourth-order valence-corrected chi connectivity index (χ4v) is 5.52. The van der Waals surface area contributed by atoms with Crippen molar-refractivity contribution in [1.29, 1.82) is 0 Å². The molecule has 170 valence electrons. The molecule has 0 radical (unpaired) electrons. The van der Waals surface area contributed by atoms with Gasteiger partial charge in [-0.05, 0) is 57.2 Å². The summed E-state index contributed by atoms with van der Waals surface area (Å²) < 4.78 is 5.67. The highest BCUT2D eigenvalue weighted by molar-refractivity contribution is 5.92. The normalized spacial score (nSPS) is 22.9. The molecule has 1 N–H and O–H groups in total. The summed E-state index contributed by atoms with van der Waals surface area (Å²) in [6.45, 7) is 6.27. The van der Waals surface area contributed by atoms with E-state index in [1.807, 2.05) is 23.1 Å². The van der Waals surface area contributed by atoms with Gasteiger partial charge in [0.1, 0.15) is 5.41 Å². The van der Waals surface area contributed by atoms with Gasteiger partial charge >= 0.3 is 0 Å². The number of nitrogens with one attached hydrogen (secondary N) is 1. The molecular formula is C26H33N3O3. The maximum absolute atomic E-state index is 14.2. The van der Waals surface area contributed by atoms with Crippen LogP contribution in [0.2, 0.25) is 0 Å². The number of aryl methyl sites for hydroxylation is 2. The molecule has 4 rings (SSSR count). The summed E-state index contributed by atoms with van der Waals surface area (Å²) in [6, 6.07) is 12.1. The molecule has 32 heavy (non-hydrogen) atoms. The van der Waals surface area contributed by atoms with Crippen molar-refractivity contribution in [3.8, 4) is 0 Å². The smallest absolute Gasteiger partial charge is 0.233 e. The molecule has 0 aliphatic carbocycles. The monoisotopic (exact) mass is 435 g/mol. The van der Waals surface area contributed by atoms with Gasteiger partial charge in [-0.15, -0.1) is 0 Å². The van der Waals surface area contributed by atoms with E-state index in [1.165, 1.54) is 0 Å². The lowest BCUT2D eigenvalue weighted by Gasteiger charge is -2.46. The van der Waals surface area contributed by atoms with Crippen LogP contribution in [-0.2, 0) is 25.2 Å². The number of benzene rings is 1. The van der Waals surface area contributed by atoms with Gasteiger partial charge in [0, 0.05) is 39.5 Å². The van der Waals surface area contributed by atoms with E-state index < -0.39 is 10.8 Å². The van der Waals surface area contributed by atoms with Gasteiger partial charge < -0.3 is 15.0 Å². The van der Waals surface area contributed by atoms with E-state index in [9.17, 15) is 9.59 Å². The number of hydrogen-bond donors (Lipinski definition) is 1. The van der Waals surface area contributed by atoms with E-state index in [2.05, 4.69) is 42.3 Å². The lowest BCUT2D eigenvalue weighted by molar-refractivity contribution is -0.145. The van der Waals surface area contributed by atoms with Crippen molar-refractivity contribution in [2.75, 3.05) is 33.4 Å². The maximum Gasteiger partial charge on any atom is 0.233 e. The number of aromatic nitrogens is 1. The Bertz CT molecular complexity index is 965. The number of likely N-dealkylation sites (N-methyl/N-ethyl adjacent to an activating group) is 1. The molecule has 2 aliphatic heterocycles. The number of likely N-dealkylation sites (tertiary alicyclic amines) is 1. The molecule has 2 aromatic rings. The number of amides is 2. The van der Waals surface area contributed by atoms with E-state index in [-0.39, 0.29) is 11.8 Å². The van der Waals surface area contributed by atoms with Crippen molar-refractivity contribution in [2.24, 2.45) is 0 Å². The molecule has 2 fully saturated rings. The van der Waals surface area contributed by atoms with E-state index >= 15 is 0 Å². The number of pyridine rings is 1. The van der Waals surface area contributed by atoms with E-state index in [0.717, 1.165) is 28.8 Å². The molecule has 3 heterocycles. The number of rotatable bonds is 4. The van der Waals surface area contributed by atoms with Crippen molar-refractivity contribution in [3.63, 3.8) is 0 Å². The SMILES string of the molecule is CNC(=O)[C@]1(c2ccccn2)CCCN(C(=O)C2(c3cc(C)cc(C)c3)CCOCC2)C1. The molecule has 2 amide bonds. The van der Waals surface area contributed by atoms with Gasteiger partial charge in [0.15, 0.2) is 0 Å². The number of hydrogen-bond acceptors (Lipinski definition) is 4. The Hall–Kier alpha value is -2.73. The predicted octanol–water partition coefficient (Wildman–Crippen LogP) is 3.05. The lowest BCUT2D eigenvalue weighted by Crippen LogP contribution is -2.59. The van der Waals surface area contributed by atoms with Crippen LogP contribution in [0.5, 0.6) is 0 Å². The first kappa shape index (κ1) is 22.5. The van der Waals surface area contributed by atoms with E-state index in [0.29, 0.717) is 45.6 Å². The minimum atomic E-state index is -0.835. The van der Waals surface area contributed by atoms with Gasteiger partial charge in [-0.3, -0.25) is 14.6 Å². The van der Waals surface area contributed by atoms with E-state index in [4.69, 9.17) is 4.74 Å². The Morgan fingerprint density at radius 3 is 2.38 bits per heavy atom. The summed E-state index contributed by atoms with van der Waals surface area (Å²) in [4.78, 5) is 33.9. The Kier molecular flexibility index (Phi) is 6.33. The number of piperidine rings is 1. The topological polar surface area (TPSA) is 71.5 Å². The zero-order valence-electron chi connectivity index (χ0n) is 19.3. The van der Waals surface area contributed by atoms with Crippen LogP contribution in [0.15, 0.2) is 42.6 Å². The average molecular weight is 436 g/mol. The molecule has 0 spiro atoms. The fraction of sp³-hybridized carbons (Fsp3) is 0.500. The first-order chi connectivity index (χ1) is 15.4. The largest absolute Gasteiger partial charge is 0.381 e. The molecule has 1 aromatic carbocycles. The molecule has 1 aromatic heterocycles. The van der Waals surface area contributed by atoms with Gasteiger partial charge in [-0.25, -0.2) is 0 Å². The van der Waals surface area contributed by atoms with Crippen molar-refractivity contribution in [2.45, 2.75) is 50.4 Å². The number of carbonyl (C=O) groups is 2. The molecule has 2 aliphatic rings. The zero-order chi connectivity index (χ0) is 22.8. The third-order valence-corrected chi connectivity index (χ3v) is 7.13. The molecule has 2 saturated heterocycles. The van der Waals surface area contributed by atoms with Gasteiger partial charge in [0.25, 0.3) is 0 Å². The maximum atomic E-state index is 14.2. The van der Waals surface area contributed by atoms with Crippen LogP contribution < -0.4 is 5.32 Å². The molecular weight excluding hydrogens is 402 g/mol. The van der Waals surface area contributed by atoms with Crippen LogP contribution in [0.25, 0.3) is 0 Å². The Morgan fingerprint density at radius 2 is 1.75 bits per heavy atom. The molecule has 6 heteroatoms. The molecule has 0 bridgehead atoms. The second-order valence-electron chi connectivity index (χ2n) is 9.28. The van der Waals surface area contributed by atoms with Crippen LogP contribution >= 0.6 is 0 Å². The second-order valence-corrected chi connectivity index (χ2v) is 9.28. The molecule has 0 unspecified atom stereocenters. The van der Waals surface area contributed by atoms with Crippen molar-refractivity contribution >= 4 is 11.8 Å². The predicted molar refractivity (Wildman–Crippen MR) is 123 cm³/mol. The lowest BCUT2D eigenvalue weighted by atomic mass is 9.70. The first-order valence-corrected chi connectivity index (χ1v) is 11.5. The van der Waals surface area contributed by atoms with Gasteiger partial charge in [-0.2, -0.15) is 0 Å². The minimum absolute atomic E-state index is 0.0823. The molecule has 1 atom stereocenters. The zero-order valence-corrected chi connectivity index (χ0v) is 19.3. The highest BCUT2D eigenvalue weighted by Crippen LogP contribution is 2.41. The van der Waals surface area contributed by atoms with Crippen molar-refractivity contribution in [3.05, 3.63) is 65.0 Å². The van der Waals surface area contributed by atoms with Crippen molar-refractivity contribution in [1.82, 2.24) is 15.2 Å². The summed E-state index contributed by atoms with van der Waals surface area (Å²) in [5.41, 5.74) is 2.65. The summed E-state index contributed by atoms with van der Waals surface area (Å²) >= 11 is 0. The Labute approximate surface area is 190 Å². The number of carbonyl (C=O) groups excluding carboxylic acids is 2. The van der Waals surface area contributed by atoms with Crippen LogP contribution in [0.4, 0.5) is 0 Å². The first-order valence-electron chi connectivity index (χ1n) is 11.5. The average Bonchev–Trinajstić information content (AvgIpc) is 2.83. The van der Waals surface area contributed by atoms with Gasteiger partial charge in [0.05, 0.1) is 11.1 Å². The van der Waals surface area contributed by atoms with Crippen molar-refractivity contribution < 1.29 is 14.3 Å². The Balaban J connectivity index is 1.73. The van der Waals surface area contributed by atoms with Crippen LogP contribution in [0, 0.1) is 13.8 Å². The molecule has 6 nitrogen and oxygen atoms in total. The quantitative estimate of drug-likeness (QED) is 0.801. The van der Waals surface area contributed by atoms with Crippen LogP contribution in [0.1, 0.15) is 48.1 Å². The summed E-state index contributed by atoms with van der Waals surface area (Å²) in [5.74, 6) is 0.0239.